The van der Waals surface area contributed by atoms with E-state index in [9.17, 15) is 19.5 Å². The van der Waals surface area contributed by atoms with Gasteiger partial charge in [0.15, 0.2) is 6.04 Å². The SMILES string of the molecule is CCOC(=O)N1CC[NH+](C2CC(=O)N(c3ccc(O)cc3)C2=O)CC1. The largest absolute Gasteiger partial charge is 0.508 e. The number of nitrogens with one attached hydrogen (secondary N) is 1. The highest BCUT2D eigenvalue weighted by molar-refractivity contribution is 6.21. The molecule has 1 atom stereocenters. The Bertz CT molecular complexity index is 667. The van der Waals surface area contributed by atoms with Crippen molar-refractivity contribution in [1.82, 2.24) is 4.90 Å². The van der Waals surface area contributed by atoms with Gasteiger partial charge >= 0.3 is 6.09 Å². The number of hydrogen-bond donors (Lipinski definition) is 2. The van der Waals surface area contributed by atoms with Crippen LogP contribution in [0.5, 0.6) is 5.75 Å². The van der Waals surface area contributed by atoms with Crippen molar-refractivity contribution in [2.24, 2.45) is 0 Å². The number of carbonyl (C=O) groups excluding carboxylic acids is 3. The first kappa shape index (κ1) is 17.2. The van der Waals surface area contributed by atoms with E-state index in [0.29, 0.717) is 38.5 Å². The molecule has 3 amide bonds. The van der Waals surface area contributed by atoms with Crippen LogP contribution in [0.4, 0.5) is 10.5 Å². The zero-order valence-corrected chi connectivity index (χ0v) is 14.1. The molecule has 2 saturated heterocycles. The number of benzene rings is 1. The van der Waals surface area contributed by atoms with Gasteiger partial charge in [0.2, 0.25) is 5.91 Å². The predicted octanol–water partition coefficient (Wildman–Crippen LogP) is -0.619. The Labute approximate surface area is 145 Å². The third-order valence-electron chi connectivity index (χ3n) is 4.68. The van der Waals surface area contributed by atoms with Crippen molar-refractivity contribution < 1.29 is 29.1 Å². The van der Waals surface area contributed by atoms with Crippen LogP contribution in [0.3, 0.4) is 0 Å². The molecule has 3 rings (SSSR count). The standard InChI is InChI=1S/C17H21N3O5/c1-2-25-17(24)19-9-7-18(8-10-19)14-11-15(22)20(16(14)23)12-3-5-13(21)6-4-12/h3-6,14,21H,2,7-11H2,1H3/p+1. The van der Waals surface area contributed by atoms with Gasteiger partial charge in [-0.15, -0.1) is 0 Å². The fourth-order valence-electron chi connectivity index (χ4n) is 3.36. The molecule has 0 saturated carbocycles. The molecule has 0 aromatic heterocycles. The summed E-state index contributed by atoms with van der Waals surface area (Å²) in [6.07, 6.45) is -0.171. The Morgan fingerprint density at radius 2 is 1.88 bits per heavy atom. The van der Waals surface area contributed by atoms with E-state index in [-0.39, 0.29) is 30.1 Å². The van der Waals surface area contributed by atoms with Crippen molar-refractivity contribution >= 4 is 23.6 Å². The second-order valence-electron chi connectivity index (χ2n) is 6.18. The van der Waals surface area contributed by atoms with Gasteiger partial charge in [0, 0.05) is 0 Å². The number of imide groups is 1. The molecule has 2 aliphatic rings. The zero-order chi connectivity index (χ0) is 18.0. The highest BCUT2D eigenvalue weighted by Gasteiger charge is 2.46. The van der Waals surface area contributed by atoms with Gasteiger partial charge in [-0.3, -0.25) is 14.5 Å². The maximum Gasteiger partial charge on any atom is 0.410 e. The van der Waals surface area contributed by atoms with Gasteiger partial charge < -0.3 is 14.7 Å². The van der Waals surface area contributed by atoms with E-state index in [1.165, 1.54) is 17.0 Å². The summed E-state index contributed by atoms with van der Waals surface area (Å²) in [6, 6.07) is 5.59. The van der Waals surface area contributed by atoms with Gasteiger partial charge in [-0.05, 0) is 31.2 Å². The maximum absolute atomic E-state index is 12.7. The summed E-state index contributed by atoms with van der Waals surface area (Å²) in [4.78, 5) is 40.6. The van der Waals surface area contributed by atoms with Crippen LogP contribution in [-0.4, -0.2) is 66.7 Å². The Hall–Kier alpha value is -2.61. The van der Waals surface area contributed by atoms with Crippen LogP contribution in [0.25, 0.3) is 0 Å². The average molecular weight is 348 g/mol. The van der Waals surface area contributed by atoms with Crippen LogP contribution in [0.15, 0.2) is 24.3 Å². The van der Waals surface area contributed by atoms with E-state index in [4.69, 9.17) is 4.74 Å². The van der Waals surface area contributed by atoms with Crippen molar-refractivity contribution in [2.75, 3.05) is 37.7 Å². The first-order chi connectivity index (χ1) is 12.0. The summed E-state index contributed by atoms with van der Waals surface area (Å²) in [6.45, 7) is 4.32. The second kappa shape index (κ2) is 7.10. The number of aromatic hydroxyl groups is 1. The molecule has 1 unspecified atom stereocenters. The van der Waals surface area contributed by atoms with E-state index in [1.54, 1.807) is 24.0 Å². The van der Waals surface area contributed by atoms with Gasteiger partial charge in [0.1, 0.15) is 5.75 Å². The molecule has 1 aromatic rings. The second-order valence-corrected chi connectivity index (χ2v) is 6.18. The van der Waals surface area contributed by atoms with Crippen LogP contribution < -0.4 is 9.80 Å². The van der Waals surface area contributed by atoms with Gasteiger partial charge in [0.25, 0.3) is 5.91 Å². The normalized spacial score (nSPS) is 21.7. The Kier molecular flexibility index (Phi) is 4.89. The van der Waals surface area contributed by atoms with Crippen LogP contribution in [0.2, 0.25) is 0 Å². The number of hydrogen-bond acceptors (Lipinski definition) is 5. The van der Waals surface area contributed by atoms with E-state index in [0.717, 1.165) is 4.90 Å². The zero-order valence-electron chi connectivity index (χ0n) is 14.1. The van der Waals surface area contributed by atoms with E-state index < -0.39 is 6.04 Å². The number of nitrogens with zero attached hydrogens (tertiary/aromatic N) is 2. The summed E-state index contributed by atoms with van der Waals surface area (Å²) in [5.74, 6) is -0.378. The van der Waals surface area contributed by atoms with Gasteiger partial charge in [0.05, 0.1) is 44.9 Å². The monoisotopic (exact) mass is 348 g/mol. The number of ether oxygens (including phenoxy) is 1. The molecule has 25 heavy (non-hydrogen) atoms. The molecule has 0 spiro atoms. The fourth-order valence-corrected chi connectivity index (χ4v) is 3.36. The highest BCUT2D eigenvalue weighted by Crippen LogP contribution is 2.24. The first-order valence-electron chi connectivity index (χ1n) is 8.43. The molecule has 0 bridgehead atoms. The van der Waals surface area contributed by atoms with E-state index >= 15 is 0 Å². The first-order valence-corrected chi connectivity index (χ1v) is 8.43. The minimum atomic E-state index is -0.425. The summed E-state index contributed by atoms with van der Waals surface area (Å²) < 4.78 is 4.99. The highest BCUT2D eigenvalue weighted by atomic mass is 16.6. The number of anilines is 1. The predicted molar refractivity (Wildman–Crippen MR) is 88.3 cm³/mol. The fraction of sp³-hybridized carbons (Fsp3) is 0.471. The number of quaternary nitrogens is 1. The van der Waals surface area contributed by atoms with Gasteiger partial charge in [-0.25, -0.2) is 9.69 Å². The molecular weight excluding hydrogens is 326 g/mol. The molecule has 1 aromatic carbocycles. The third-order valence-corrected chi connectivity index (χ3v) is 4.68. The number of phenols is 1. The lowest BCUT2D eigenvalue weighted by Gasteiger charge is -2.33. The van der Waals surface area contributed by atoms with Crippen molar-refractivity contribution in [3.8, 4) is 5.75 Å². The van der Waals surface area contributed by atoms with Crippen molar-refractivity contribution in [3.05, 3.63) is 24.3 Å². The molecule has 0 radical (unpaired) electrons. The Morgan fingerprint density at radius 1 is 1.24 bits per heavy atom. The minimum Gasteiger partial charge on any atom is -0.508 e. The number of phenolic OH excluding ortho intramolecular Hbond substituents is 1. The van der Waals surface area contributed by atoms with Crippen molar-refractivity contribution in [1.29, 1.82) is 0 Å². The number of piperazine rings is 1. The topological polar surface area (TPSA) is 91.6 Å². The molecule has 2 aliphatic heterocycles. The van der Waals surface area contributed by atoms with Crippen LogP contribution in [-0.2, 0) is 14.3 Å². The maximum atomic E-state index is 12.7. The molecule has 2 fully saturated rings. The van der Waals surface area contributed by atoms with Crippen LogP contribution >= 0.6 is 0 Å². The molecule has 8 nitrogen and oxygen atoms in total. The lowest BCUT2D eigenvalue weighted by Crippen LogP contribution is -3.19. The number of rotatable bonds is 3. The summed E-state index contributed by atoms with van der Waals surface area (Å²) in [5.41, 5.74) is 0.472. The van der Waals surface area contributed by atoms with Gasteiger partial charge in [-0.2, -0.15) is 0 Å². The Morgan fingerprint density at radius 3 is 2.48 bits per heavy atom. The van der Waals surface area contributed by atoms with Crippen LogP contribution in [0, 0.1) is 0 Å². The molecule has 0 aliphatic carbocycles. The molecule has 2 N–H and O–H groups in total. The van der Waals surface area contributed by atoms with Crippen molar-refractivity contribution in [3.63, 3.8) is 0 Å². The number of amides is 3. The van der Waals surface area contributed by atoms with E-state index in [2.05, 4.69) is 0 Å². The summed E-state index contributed by atoms with van der Waals surface area (Å²) >= 11 is 0. The lowest BCUT2D eigenvalue weighted by molar-refractivity contribution is -0.918. The molecule has 2 heterocycles. The third kappa shape index (κ3) is 3.43. The summed E-state index contributed by atoms with van der Waals surface area (Å²) in [7, 11) is 0. The average Bonchev–Trinajstić information content (AvgIpc) is 2.91. The quantitative estimate of drug-likeness (QED) is 0.711. The summed E-state index contributed by atoms with van der Waals surface area (Å²) in [5, 5.41) is 9.36. The lowest BCUT2D eigenvalue weighted by atomic mass is 10.2. The van der Waals surface area contributed by atoms with Crippen molar-refractivity contribution in [2.45, 2.75) is 19.4 Å². The van der Waals surface area contributed by atoms with Crippen LogP contribution in [0.1, 0.15) is 13.3 Å². The van der Waals surface area contributed by atoms with E-state index in [1.807, 2.05) is 0 Å². The number of carbonyl (C=O) groups is 3. The van der Waals surface area contributed by atoms with Gasteiger partial charge in [-0.1, -0.05) is 0 Å². The molecule has 134 valence electrons. The Balaban J connectivity index is 1.65. The minimum absolute atomic E-state index is 0.0834. The molecular formula is C17H22N3O5+. The smallest absolute Gasteiger partial charge is 0.410 e. The molecule has 8 heteroatoms.